The minimum atomic E-state index is -0.577. The molecule has 3 rings (SSSR count). The van der Waals surface area contributed by atoms with Gasteiger partial charge in [0.1, 0.15) is 18.2 Å². The molecular formula is C27H35FN4O5. The number of likely N-dealkylation sites (N-methyl/N-ethyl adjacent to an activating group) is 1. The van der Waals surface area contributed by atoms with Gasteiger partial charge in [0.25, 0.3) is 5.91 Å². The van der Waals surface area contributed by atoms with Crippen molar-refractivity contribution in [2.24, 2.45) is 5.92 Å². The maximum absolute atomic E-state index is 13.4. The molecule has 0 aromatic heterocycles. The lowest BCUT2D eigenvalue weighted by molar-refractivity contribution is -0.135. The summed E-state index contributed by atoms with van der Waals surface area (Å²) in [7, 11) is 3.29. The fourth-order valence-corrected chi connectivity index (χ4v) is 4.26. The predicted molar refractivity (Wildman–Crippen MR) is 139 cm³/mol. The molecule has 1 aliphatic rings. The van der Waals surface area contributed by atoms with Gasteiger partial charge >= 0.3 is 6.03 Å². The van der Waals surface area contributed by atoms with Crippen LogP contribution in [0.3, 0.4) is 0 Å². The molecule has 2 N–H and O–H groups in total. The highest BCUT2D eigenvalue weighted by Gasteiger charge is 2.30. The van der Waals surface area contributed by atoms with Crippen LogP contribution in [0.25, 0.3) is 0 Å². The molecular weight excluding hydrogens is 479 g/mol. The first-order chi connectivity index (χ1) is 17.6. The van der Waals surface area contributed by atoms with Crippen LogP contribution >= 0.6 is 0 Å². The molecule has 3 atom stereocenters. The second kappa shape index (κ2) is 12.5. The lowest BCUT2D eigenvalue weighted by Crippen LogP contribution is -2.48. The average molecular weight is 515 g/mol. The first-order valence-corrected chi connectivity index (χ1v) is 12.3. The summed E-state index contributed by atoms with van der Waals surface area (Å²) in [6.07, 6.45) is 0.0857. The summed E-state index contributed by atoms with van der Waals surface area (Å²) < 4.78 is 25.2. The highest BCUT2D eigenvalue weighted by atomic mass is 19.1. The van der Waals surface area contributed by atoms with Crippen molar-refractivity contribution in [2.45, 2.75) is 39.3 Å². The van der Waals surface area contributed by atoms with Crippen LogP contribution < -0.4 is 15.4 Å². The number of fused-ring (bicyclic) bond motifs is 1. The highest BCUT2D eigenvalue weighted by molar-refractivity contribution is 6.01. The number of ether oxygens (including phenoxy) is 2. The summed E-state index contributed by atoms with van der Waals surface area (Å²) in [4.78, 5) is 41.9. The molecule has 1 aliphatic heterocycles. The number of methoxy groups -OCH3 is 1. The van der Waals surface area contributed by atoms with Crippen LogP contribution in [0, 0.1) is 11.7 Å². The van der Waals surface area contributed by atoms with Crippen LogP contribution in [-0.4, -0.2) is 73.6 Å². The van der Waals surface area contributed by atoms with Gasteiger partial charge < -0.3 is 29.9 Å². The number of anilines is 2. The standard InChI is InChI=1S/C27H35FN4O5/c1-6-25(33)32-14-17(2)24(36-5)15-31(4)26(34)22-11-10-21(13-23(22)37-16-18(32)3)30-27(35)29-20-9-7-8-19(28)12-20/h7-13,17-18,24H,6,14-16H2,1-5H3,(H2,29,30,35)/t17-,18+,24-/m0/s1. The van der Waals surface area contributed by atoms with Crippen molar-refractivity contribution in [1.29, 1.82) is 0 Å². The molecule has 0 spiro atoms. The van der Waals surface area contributed by atoms with Crippen molar-refractivity contribution in [3.05, 3.63) is 53.8 Å². The summed E-state index contributed by atoms with van der Waals surface area (Å²) in [5.41, 5.74) is 1.00. The quantitative estimate of drug-likeness (QED) is 0.637. The van der Waals surface area contributed by atoms with Crippen molar-refractivity contribution in [3.8, 4) is 5.75 Å². The van der Waals surface area contributed by atoms with Gasteiger partial charge in [0.2, 0.25) is 5.91 Å². The third kappa shape index (κ3) is 7.19. The molecule has 10 heteroatoms. The van der Waals surface area contributed by atoms with Crippen molar-refractivity contribution in [2.75, 3.05) is 44.5 Å². The largest absolute Gasteiger partial charge is 0.491 e. The second-order valence-corrected chi connectivity index (χ2v) is 9.30. The minimum absolute atomic E-state index is 0.00366. The highest BCUT2D eigenvalue weighted by Crippen LogP contribution is 2.27. The smallest absolute Gasteiger partial charge is 0.323 e. The third-order valence-electron chi connectivity index (χ3n) is 6.41. The Bertz CT molecular complexity index is 1130. The van der Waals surface area contributed by atoms with E-state index >= 15 is 0 Å². The number of carbonyl (C=O) groups excluding carboxylic acids is 3. The van der Waals surface area contributed by atoms with Gasteiger partial charge in [0, 0.05) is 57.0 Å². The van der Waals surface area contributed by atoms with Gasteiger partial charge in [-0.3, -0.25) is 9.59 Å². The van der Waals surface area contributed by atoms with E-state index in [1.807, 2.05) is 20.8 Å². The zero-order valence-electron chi connectivity index (χ0n) is 21.9. The number of hydrogen-bond donors (Lipinski definition) is 2. The van der Waals surface area contributed by atoms with Crippen molar-refractivity contribution < 1.29 is 28.2 Å². The number of hydrogen-bond acceptors (Lipinski definition) is 5. The van der Waals surface area contributed by atoms with E-state index in [-0.39, 0.29) is 42.2 Å². The van der Waals surface area contributed by atoms with E-state index in [9.17, 15) is 18.8 Å². The van der Waals surface area contributed by atoms with Crippen LogP contribution in [0.5, 0.6) is 5.75 Å². The molecule has 0 aliphatic carbocycles. The van der Waals surface area contributed by atoms with E-state index in [0.717, 1.165) is 0 Å². The number of nitrogens with zero attached hydrogens (tertiary/aromatic N) is 2. The summed E-state index contributed by atoms with van der Waals surface area (Å²) in [6.45, 7) is 6.66. The zero-order valence-corrected chi connectivity index (χ0v) is 21.9. The summed E-state index contributed by atoms with van der Waals surface area (Å²) >= 11 is 0. The van der Waals surface area contributed by atoms with Crippen LogP contribution in [0.1, 0.15) is 37.6 Å². The van der Waals surface area contributed by atoms with Crippen LogP contribution in [-0.2, 0) is 9.53 Å². The molecule has 37 heavy (non-hydrogen) atoms. The lowest BCUT2D eigenvalue weighted by Gasteiger charge is -2.36. The minimum Gasteiger partial charge on any atom is -0.491 e. The molecule has 2 aromatic carbocycles. The third-order valence-corrected chi connectivity index (χ3v) is 6.41. The molecule has 0 fully saturated rings. The van der Waals surface area contributed by atoms with Gasteiger partial charge in [-0.15, -0.1) is 0 Å². The monoisotopic (exact) mass is 514 g/mol. The Kier molecular flexibility index (Phi) is 9.46. The predicted octanol–water partition coefficient (Wildman–Crippen LogP) is 4.21. The van der Waals surface area contributed by atoms with E-state index in [1.165, 1.54) is 18.2 Å². The molecule has 0 radical (unpaired) electrons. The summed E-state index contributed by atoms with van der Waals surface area (Å²) in [6, 6.07) is 9.45. The van der Waals surface area contributed by atoms with Gasteiger partial charge in [-0.2, -0.15) is 0 Å². The number of carbonyl (C=O) groups is 3. The van der Waals surface area contributed by atoms with E-state index in [4.69, 9.17) is 9.47 Å². The van der Waals surface area contributed by atoms with Gasteiger partial charge in [-0.1, -0.05) is 19.9 Å². The van der Waals surface area contributed by atoms with Crippen LogP contribution in [0.4, 0.5) is 20.6 Å². The van der Waals surface area contributed by atoms with Gasteiger partial charge in [0.15, 0.2) is 0 Å². The summed E-state index contributed by atoms with van der Waals surface area (Å²) in [5, 5.41) is 5.25. The molecule has 0 saturated carbocycles. The van der Waals surface area contributed by atoms with Gasteiger partial charge in [0.05, 0.1) is 17.7 Å². The zero-order chi connectivity index (χ0) is 27.1. The molecule has 9 nitrogen and oxygen atoms in total. The SMILES string of the molecule is CCC(=O)N1C[C@H](C)[C@@H](OC)CN(C)C(=O)c2ccc(NC(=O)Nc3cccc(F)c3)cc2OC[C@H]1C. The number of nitrogens with one attached hydrogen (secondary N) is 2. The lowest BCUT2D eigenvalue weighted by atomic mass is 10.0. The van der Waals surface area contributed by atoms with Crippen molar-refractivity contribution >= 4 is 29.2 Å². The number of halogens is 1. The number of benzene rings is 2. The van der Waals surface area contributed by atoms with Gasteiger partial charge in [-0.25, -0.2) is 9.18 Å². The number of urea groups is 1. The Hall–Kier alpha value is -3.66. The maximum Gasteiger partial charge on any atom is 0.323 e. The normalized spacial score (nSPS) is 20.7. The molecule has 4 amide bonds. The first-order valence-electron chi connectivity index (χ1n) is 12.3. The molecule has 200 valence electrons. The van der Waals surface area contributed by atoms with Gasteiger partial charge in [-0.05, 0) is 37.3 Å². The number of rotatable bonds is 4. The van der Waals surface area contributed by atoms with E-state index in [1.54, 1.807) is 48.2 Å². The topological polar surface area (TPSA) is 100 Å². The molecule has 2 aromatic rings. The second-order valence-electron chi connectivity index (χ2n) is 9.30. The van der Waals surface area contributed by atoms with E-state index < -0.39 is 11.8 Å². The fraction of sp³-hybridized carbons (Fsp3) is 0.444. The molecule has 0 unspecified atom stereocenters. The average Bonchev–Trinajstić information content (AvgIpc) is 2.87. The Morgan fingerprint density at radius 1 is 1.11 bits per heavy atom. The number of amides is 4. The van der Waals surface area contributed by atoms with Crippen molar-refractivity contribution in [1.82, 2.24) is 9.80 Å². The Morgan fingerprint density at radius 3 is 2.46 bits per heavy atom. The Labute approximate surface area is 216 Å². The maximum atomic E-state index is 13.4. The Balaban J connectivity index is 1.88. The van der Waals surface area contributed by atoms with E-state index in [2.05, 4.69) is 10.6 Å². The Morgan fingerprint density at radius 2 is 1.81 bits per heavy atom. The van der Waals surface area contributed by atoms with Crippen LogP contribution in [0.15, 0.2) is 42.5 Å². The fourth-order valence-electron chi connectivity index (χ4n) is 4.26. The van der Waals surface area contributed by atoms with Crippen LogP contribution in [0.2, 0.25) is 0 Å². The van der Waals surface area contributed by atoms with E-state index in [0.29, 0.717) is 36.4 Å². The summed E-state index contributed by atoms with van der Waals surface area (Å²) in [5.74, 6) is -0.457. The first kappa shape index (κ1) is 27.9. The molecule has 1 heterocycles. The molecule has 0 saturated heterocycles. The molecule has 0 bridgehead atoms. The van der Waals surface area contributed by atoms with Crippen molar-refractivity contribution in [3.63, 3.8) is 0 Å².